The molecule has 0 spiro atoms. The van der Waals surface area contributed by atoms with E-state index in [0.29, 0.717) is 19.3 Å². The summed E-state index contributed by atoms with van der Waals surface area (Å²) in [4.78, 5) is 38.0. The van der Waals surface area contributed by atoms with Gasteiger partial charge in [0.15, 0.2) is 6.10 Å². The van der Waals surface area contributed by atoms with Crippen molar-refractivity contribution in [2.45, 2.75) is 303 Å². The molecule has 350 valence electrons. The maximum Gasteiger partial charge on any atom is 0.306 e. The van der Waals surface area contributed by atoms with Gasteiger partial charge in [0.1, 0.15) is 13.2 Å². The lowest BCUT2D eigenvalue weighted by molar-refractivity contribution is -0.167. The summed E-state index contributed by atoms with van der Waals surface area (Å²) in [6.07, 6.45) is 49.4. The number of unbranched alkanes of at least 4 members (excludes halogenated alkanes) is 34. The Morgan fingerprint density at radius 1 is 0.339 bits per heavy atom. The minimum absolute atomic E-state index is 0.0629. The molecular formula is C53H102O6. The van der Waals surface area contributed by atoms with Crippen molar-refractivity contribution in [2.75, 3.05) is 13.2 Å². The van der Waals surface area contributed by atoms with Gasteiger partial charge in [-0.2, -0.15) is 0 Å². The SMILES string of the molecule is CCCCCCCCCCCCCCCCCCC(=O)O[C@@H](COC(=O)CCCCCCCCCCCCCCC)COC(=O)CCCCCCCCCCC(C)CC. The lowest BCUT2D eigenvalue weighted by Gasteiger charge is -2.18. The molecule has 0 aromatic heterocycles. The minimum Gasteiger partial charge on any atom is -0.462 e. The van der Waals surface area contributed by atoms with E-state index in [2.05, 4.69) is 27.7 Å². The summed E-state index contributed by atoms with van der Waals surface area (Å²) in [5.41, 5.74) is 0. The lowest BCUT2D eigenvalue weighted by atomic mass is 9.99. The standard InChI is InChI=1S/C53H102O6/c1-5-8-10-12-14-16-18-20-21-22-24-26-28-34-38-42-46-53(56)59-50(48-58-52(55)45-41-37-33-30-29-31-35-39-43-49(4)7-3)47-57-51(54)44-40-36-32-27-25-23-19-17-15-13-11-9-6-2/h49-50H,5-48H2,1-4H3/t49?,50-/m0/s1. The molecule has 0 bridgehead atoms. The zero-order valence-electron chi connectivity index (χ0n) is 40.2. The Bertz CT molecular complexity index is 889. The van der Waals surface area contributed by atoms with E-state index >= 15 is 0 Å². The van der Waals surface area contributed by atoms with E-state index in [4.69, 9.17) is 14.2 Å². The second-order valence-electron chi connectivity index (χ2n) is 18.4. The largest absolute Gasteiger partial charge is 0.462 e. The van der Waals surface area contributed by atoms with Crippen LogP contribution in [0.2, 0.25) is 0 Å². The third-order valence-electron chi connectivity index (χ3n) is 12.4. The number of esters is 3. The van der Waals surface area contributed by atoms with Gasteiger partial charge >= 0.3 is 17.9 Å². The second-order valence-corrected chi connectivity index (χ2v) is 18.4. The van der Waals surface area contributed by atoms with E-state index in [1.54, 1.807) is 0 Å². The summed E-state index contributed by atoms with van der Waals surface area (Å²) in [6, 6.07) is 0. The fourth-order valence-electron chi connectivity index (χ4n) is 8.01. The average Bonchev–Trinajstić information content (AvgIpc) is 3.23. The van der Waals surface area contributed by atoms with Crippen LogP contribution in [0, 0.1) is 5.92 Å². The van der Waals surface area contributed by atoms with Crippen molar-refractivity contribution in [2.24, 2.45) is 5.92 Å². The first kappa shape index (κ1) is 57.4. The summed E-state index contributed by atoms with van der Waals surface area (Å²) in [7, 11) is 0. The molecule has 0 aromatic rings. The van der Waals surface area contributed by atoms with Crippen LogP contribution in [0.4, 0.5) is 0 Å². The van der Waals surface area contributed by atoms with Gasteiger partial charge in [0.05, 0.1) is 0 Å². The summed E-state index contributed by atoms with van der Waals surface area (Å²) < 4.78 is 16.8. The van der Waals surface area contributed by atoms with Crippen molar-refractivity contribution in [1.29, 1.82) is 0 Å². The van der Waals surface area contributed by atoms with Crippen LogP contribution in [0.3, 0.4) is 0 Å². The van der Waals surface area contributed by atoms with Crippen LogP contribution in [0.15, 0.2) is 0 Å². The summed E-state index contributed by atoms with van der Waals surface area (Å²) >= 11 is 0. The molecule has 0 aromatic carbocycles. The number of ether oxygens (including phenoxy) is 3. The molecule has 59 heavy (non-hydrogen) atoms. The van der Waals surface area contributed by atoms with E-state index < -0.39 is 6.10 Å². The molecule has 0 N–H and O–H groups in total. The van der Waals surface area contributed by atoms with Gasteiger partial charge in [-0.05, 0) is 25.2 Å². The topological polar surface area (TPSA) is 78.9 Å². The Labute approximate surface area is 368 Å². The van der Waals surface area contributed by atoms with Gasteiger partial charge in [-0.25, -0.2) is 0 Å². The van der Waals surface area contributed by atoms with E-state index in [1.165, 1.54) is 193 Å². The molecule has 0 aliphatic heterocycles. The summed E-state index contributed by atoms with van der Waals surface area (Å²) in [5.74, 6) is 0.00392. The van der Waals surface area contributed by atoms with E-state index in [-0.39, 0.29) is 31.1 Å². The number of hydrogen-bond acceptors (Lipinski definition) is 6. The highest BCUT2D eigenvalue weighted by Gasteiger charge is 2.19. The number of hydrogen-bond donors (Lipinski definition) is 0. The van der Waals surface area contributed by atoms with Crippen molar-refractivity contribution in [3.63, 3.8) is 0 Å². The molecule has 0 aliphatic rings. The summed E-state index contributed by atoms with van der Waals surface area (Å²) in [6.45, 7) is 9.04. The number of carbonyl (C=O) groups excluding carboxylic acids is 3. The van der Waals surface area contributed by atoms with Crippen LogP contribution in [0.5, 0.6) is 0 Å². The molecule has 0 saturated carbocycles. The van der Waals surface area contributed by atoms with Crippen LogP contribution >= 0.6 is 0 Å². The fourth-order valence-corrected chi connectivity index (χ4v) is 8.01. The van der Waals surface area contributed by atoms with E-state index in [0.717, 1.165) is 63.7 Å². The highest BCUT2D eigenvalue weighted by molar-refractivity contribution is 5.71. The second kappa shape index (κ2) is 47.5. The van der Waals surface area contributed by atoms with Crippen LogP contribution in [0.25, 0.3) is 0 Å². The van der Waals surface area contributed by atoms with Crippen molar-refractivity contribution in [3.05, 3.63) is 0 Å². The molecule has 0 fully saturated rings. The lowest BCUT2D eigenvalue weighted by Crippen LogP contribution is -2.30. The van der Waals surface area contributed by atoms with Gasteiger partial charge in [0.2, 0.25) is 0 Å². The zero-order chi connectivity index (χ0) is 43.1. The van der Waals surface area contributed by atoms with Crippen LogP contribution in [-0.4, -0.2) is 37.2 Å². The van der Waals surface area contributed by atoms with Crippen LogP contribution in [-0.2, 0) is 28.6 Å². The van der Waals surface area contributed by atoms with Gasteiger partial charge in [0, 0.05) is 19.3 Å². The maximum atomic E-state index is 12.8. The maximum absolute atomic E-state index is 12.8. The van der Waals surface area contributed by atoms with Gasteiger partial charge < -0.3 is 14.2 Å². The smallest absolute Gasteiger partial charge is 0.306 e. The molecule has 1 unspecified atom stereocenters. The third kappa shape index (κ3) is 45.8. The third-order valence-corrected chi connectivity index (χ3v) is 12.4. The molecule has 0 saturated heterocycles. The first-order valence-electron chi connectivity index (χ1n) is 26.4. The number of carbonyl (C=O) groups is 3. The molecular weight excluding hydrogens is 733 g/mol. The zero-order valence-corrected chi connectivity index (χ0v) is 40.2. The fraction of sp³-hybridized carbons (Fsp3) is 0.943. The van der Waals surface area contributed by atoms with Crippen molar-refractivity contribution in [3.8, 4) is 0 Å². The van der Waals surface area contributed by atoms with Gasteiger partial charge in [-0.1, -0.05) is 259 Å². The van der Waals surface area contributed by atoms with E-state index in [1.807, 2.05) is 0 Å². The van der Waals surface area contributed by atoms with Crippen molar-refractivity contribution >= 4 is 17.9 Å². The van der Waals surface area contributed by atoms with Crippen LogP contribution in [0.1, 0.15) is 297 Å². The van der Waals surface area contributed by atoms with Gasteiger partial charge in [-0.3, -0.25) is 14.4 Å². The Morgan fingerprint density at radius 3 is 0.881 bits per heavy atom. The van der Waals surface area contributed by atoms with Gasteiger partial charge in [-0.15, -0.1) is 0 Å². The molecule has 0 aliphatic carbocycles. The Hall–Kier alpha value is -1.59. The average molecular weight is 835 g/mol. The molecule has 6 heteroatoms. The van der Waals surface area contributed by atoms with Crippen LogP contribution < -0.4 is 0 Å². The molecule has 6 nitrogen and oxygen atoms in total. The van der Waals surface area contributed by atoms with E-state index in [9.17, 15) is 14.4 Å². The first-order chi connectivity index (χ1) is 28.9. The summed E-state index contributed by atoms with van der Waals surface area (Å²) in [5, 5.41) is 0. The predicted molar refractivity (Wildman–Crippen MR) is 252 cm³/mol. The monoisotopic (exact) mass is 835 g/mol. The Morgan fingerprint density at radius 2 is 0.593 bits per heavy atom. The minimum atomic E-state index is -0.761. The molecule has 0 rings (SSSR count). The van der Waals surface area contributed by atoms with Crippen molar-refractivity contribution < 1.29 is 28.6 Å². The number of rotatable bonds is 48. The Kier molecular flexibility index (Phi) is 46.2. The molecule has 0 radical (unpaired) electrons. The highest BCUT2D eigenvalue weighted by atomic mass is 16.6. The van der Waals surface area contributed by atoms with Gasteiger partial charge in [0.25, 0.3) is 0 Å². The molecule has 0 heterocycles. The molecule has 2 atom stereocenters. The molecule has 0 amide bonds. The quantitative estimate of drug-likeness (QED) is 0.0345. The predicted octanol–water partition coefficient (Wildman–Crippen LogP) is 17.1. The van der Waals surface area contributed by atoms with Crippen molar-refractivity contribution in [1.82, 2.24) is 0 Å². The normalized spacial score (nSPS) is 12.4. The Balaban J connectivity index is 4.31. The highest BCUT2D eigenvalue weighted by Crippen LogP contribution is 2.18. The first-order valence-corrected chi connectivity index (χ1v) is 26.4.